The number of hydrogen-bond acceptors (Lipinski definition) is 3. The number of amides is 1. The zero-order valence-corrected chi connectivity index (χ0v) is 15.8. The van der Waals surface area contributed by atoms with Gasteiger partial charge in [0.1, 0.15) is 11.6 Å². The molecule has 1 N–H and O–H groups in total. The van der Waals surface area contributed by atoms with Crippen LogP contribution in [-0.4, -0.2) is 19.0 Å². The lowest BCUT2D eigenvalue weighted by Gasteiger charge is -2.20. The largest absolute Gasteiger partial charge is 0.372 e. The minimum atomic E-state index is -0.394. The maximum Gasteiger partial charge on any atom is 0.266 e. The Balaban J connectivity index is 2.20. The summed E-state index contributed by atoms with van der Waals surface area (Å²) in [7, 11) is 0. The maximum absolute atomic E-state index is 12.5. The molecule has 0 saturated heterocycles. The highest BCUT2D eigenvalue weighted by Gasteiger charge is 2.11. The summed E-state index contributed by atoms with van der Waals surface area (Å²) in [5.41, 5.74) is 4.87. The van der Waals surface area contributed by atoms with Gasteiger partial charge in [-0.05, 0) is 68.7 Å². The second-order valence-electron chi connectivity index (χ2n) is 6.14. The van der Waals surface area contributed by atoms with Gasteiger partial charge in [0.05, 0.1) is 0 Å². The lowest BCUT2D eigenvalue weighted by Crippen LogP contribution is -2.21. The summed E-state index contributed by atoms with van der Waals surface area (Å²) < 4.78 is 0. The number of nitriles is 1. The van der Waals surface area contributed by atoms with Gasteiger partial charge >= 0.3 is 0 Å². The third kappa shape index (κ3) is 4.52. The van der Waals surface area contributed by atoms with Crippen LogP contribution in [0.15, 0.2) is 48.0 Å². The highest BCUT2D eigenvalue weighted by atomic mass is 16.1. The number of aryl methyl sites for hydroxylation is 1. The average molecular weight is 347 g/mol. The molecule has 2 rings (SSSR count). The molecule has 0 aliphatic rings. The Morgan fingerprint density at radius 2 is 1.77 bits per heavy atom. The number of hydrogen-bond donors (Lipinski definition) is 1. The maximum atomic E-state index is 12.5. The summed E-state index contributed by atoms with van der Waals surface area (Å²) in [6, 6.07) is 15.6. The van der Waals surface area contributed by atoms with E-state index in [4.69, 9.17) is 0 Å². The topological polar surface area (TPSA) is 56.1 Å². The normalized spacial score (nSPS) is 11.0. The smallest absolute Gasteiger partial charge is 0.266 e. The molecule has 2 aromatic carbocycles. The van der Waals surface area contributed by atoms with Crippen LogP contribution in [0.4, 0.5) is 11.4 Å². The summed E-state index contributed by atoms with van der Waals surface area (Å²) in [6.45, 7) is 10.0. The van der Waals surface area contributed by atoms with E-state index in [-0.39, 0.29) is 5.57 Å². The van der Waals surface area contributed by atoms with Crippen LogP contribution in [0, 0.1) is 25.2 Å². The summed E-state index contributed by atoms with van der Waals surface area (Å²) >= 11 is 0. The summed E-state index contributed by atoms with van der Waals surface area (Å²) in [5, 5.41) is 12.2. The van der Waals surface area contributed by atoms with E-state index in [0.29, 0.717) is 0 Å². The molecule has 0 unspecified atom stereocenters. The Morgan fingerprint density at radius 3 is 2.35 bits per heavy atom. The molecule has 0 aliphatic carbocycles. The quantitative estimate of drug-likeness (QED) is 0.609. The zero-order valence-electron chi connectivity index (χ0n) is 15.8. The third-order valence-corrected chi connectivity index (χ3v) is 4.55. The van der Waals surface area contributed by atoms with E-state index in [1.54, 1.807) is 6.08 Å². The highest BCUT2D eigenvalue weighted by Crippen LogP contribution is 2.20. The predicted molar refractivity (Wildman–Crippen MR) is 108 cm³/mol. The van der Waals surface area contributed by atoms with Gasteiger partial charge in [-0.1, -0.05) is 24.3 Å². The first kappa shape index (κ1) is 19.3. The molecule has 0 saturated carbocycles. The summed E-state index contributed by atoms with van der Waals surface area (Å²) in [6.07, 6.45) is 1.62. The van der Waals surface area contributed by atoms with Gasteiger partial charge in [-0.25, -0.2) is 0 Å². The van der Waals surface area contributed by atoms with Gasteiger partial charge in [0.15, 0.2) is 0 Å². The number of rotatable bonds is 6. The minimum Gasteiger partial charge on any atom is -0.372 e. The lowest BCUT2D eigenvalue weighted by atomic mass is 10.1. The Morgan fingerprint density at radius 1 is 1.12 bits per heavy atom. The molecule has 26 heavy (non-hydrogen) atoms. The first-order valence-corrected chi connectivity index (χ1v) is 8.84. The van der Waals surface area contributed by atoms with Crippen molar-refractivity contribution in [3.63, 3.8) is 0 Å². The van der Waals surface area contributed by atoms with Crippen molar-refractivity contribution in [3.8, 4) is 6.07 Å². The van der Waals surface area contributed by atoms with Crippen molar-refractivity contribution in [2.45, 2.75) is 27.7 Å². The predicted octanol–water partition coefficient (Wildman–Crippen LogP) is 4.70. The van der Waals surface area contributed by atoms with Gasteiger partial charge < -0.3 is 10.2 Å². The number of anilines is 2. The molecule has 0 aliphatic heterocycles. The molecule has 134 valence electrons. The Labute approximate surface area is 155 Å². The monoisotopic (exact) mass is 347 g/mol. The lowest BCUT2D eigenvalue weighted by molar-refractivity contribution is -0.112. The first-order chi connectivity index (χ1) is 12.5. The van der Waals surface area contributed by atoms with Crippen LogP contribution in [-0.2, 0) is 4.79 Å². The number of carbonyl (C=O) groups is 1. The van der Waals surface area contributed by atoms with Crippen LogP contribution < -0.4 is 10.2 Å². The fourth-order valence-electron chi connectivity index (χ4n) is 2.76. The van der Waals surface area contributed by atoms with Crippen molar-refractivity contribution in [1.29, 1.82) is 5.26 Å². The van der Waals surface area contributed by atoms with Crippen molar-refractivity contribution in [3.05, 3.63) is 64.7 Å². The molecule has 2 aromatic rings. The van der Waals surface area contributed by atoms with Crippen LogP contribution >= 0.6 is 0 Å². The molecule has 0 bridgehead atoms. The molecule has 0 radical (unpaired) electrons. The zero-order chi connectivity index (χ0) is 19.1. The second-order valence-corrected chi connectivity index (χ2v) is 6.14. The van der Waals surface area contributed by atoms with Crippen molar-refractivity contribution in [2.75, 3.05) is 23.3 Å². The van der Waals surface area contributed by atoms with Gasteiger partial charge in [-0.3, -0.25) is 4.79 Å². The van der Waals surface area contributed by atoms with E-state index in [1.165, 1.54) is 0 Å². The molecule has 0 fully saturated rings. The first-order valence-electron chi connectivity index (χ1n) is 8.84. The minimum absolute atomic E-state index is 0.0847. The van der Waals surface area contributed by atoms with Crippen molar-refractivity contribution >= 4 is 23.4 Å². The van der Waals surface area contributed by atoms with E-state index in [9.17, 15) is 10.1 Å². The third-order valence-electron chi connectivity index (χ3n) is 4.55. The van der Waals surface area contributed by atoms with Crippen molar-refractivity contribution < 1.29 is 4.79 Å². The fraction of sp³-hybridized carbons (Fsp3) is 0.273. The van der Waals surface area contributed by atoms with Gasteiger partial charge in [0.2, 0.25) is 0 Å². The van der Waals surface area contributed by atoms with E-state index in [2.05, 4.69) is 24.1 Å². The van der Waals surface area contributed by atoms with Crippen molar-refractivity contribution in [2.24, 2.45) is 0 Å². The molecule has 4 heteroatoms. The molecular weight excluding hydrogens is 322 g/mol. The SMILES string of the molecule is CCN(CC)c1ccc(/C=C(/C#N)C(=O)Nc2cccc(C)c2C)cc1. The highest BCUT2D eigenvalue weighted by molar-refractivity contribution is 6.10. The average Bonchev–Trinajstić information content (AvgIpc) is 2.65. The summed E-state index contributed by atoms with van der Waals surface area (Å²) in [4.78, 5) is 14.7. The Hall–Kier alpha value is -3.06. The fourth-order valence-corrected chi connectivity index (χ4v) is 2.76. The molecule has 0 heterocycles. The number of carbonyl (C=O) groups excluding carboxylic acids is 1. The molecule has 0 atom stereocenters. The number of nitrogens with one attached hydrogen (secondary N) is 1. The van der Waals surface area contributed by atoms with E-state index >= 15 is 0 Å². The molecular formula is C22H25N3O. The van der Waals surface area contributed by atoms with Gasteiger partial charge in [0.25, 0.3) is 5.91 Å². The molecule has 0 aromatic heterocycles. The van der Waals surface area contributed by atoms with Crippen LogP contribution in [0.25, 0.3) is 6.08 Å². The van der Waals surface area contributed by atoms with Crippen LogP contribution in [0.1, 0.15) is 30.5 Å². The second kappa shape index (κ2) is 8.87. The van der Waals surface area contributed by atoms with Crippen molar-refractivity contribution in [1.82, 2.24) is 0 Å². The summed E-state index contributed by atoms with van der Waals surface area (Å²) in [5.74, 6) is -0.394. The van der Waals surface area contributed by atoms with Crippen LogP contribution in [0.3, 0.4) is 0 Å². The Kier molecular flexibility index (Phi) is 6.57. The Bertz CT molecular complexity index is 841. The standard InChI is InChI=1S/C22H25N3O/c1-5-25(6-2)20-12-10-18(11-13-20)14-19(15-23)22(26)24-21-9-7-8-16(3)17(21)4/h7-14H,5-6H2,1-4H3,(H,24,26)/b19-14-. The van der Waals surface area contributed by atoms with Crippen LogP contribution in [0.2, 0.25) is 0 Å². The number of benzene rings is 2. The van der Waals surface area contributed by atoms with E-state index in [1.807, 2.05) is 62.4 Å². The van der Waals surface area contributed by atoms with Gasteiger partial charge in [0, 0.05) is 24.5 Å². The molecule has 1 amide bonds. The molecule has 0 spiro atoms. The molecule has 4 nitrogen and oxygen atoms in total. The van der Waals surface area contributed by atoms with Gasteiger partial charge in [-0.2, -0.15) is 5.26 Å². The van der Waals surface area contributed by atoms with E-state index in [0.717, 1.165) is 41.2 Å². The van der Waals surface area contributed by atoms with Crippen LogP contribution in [0.5, 0.6) is 0 Å². The van der Waals surface area contributed by atoms with E-state index < -0.39 is 5.91 Å². The van der Waals surface area contributed by atoms with Gasteiger partial charge in [-0.15, -0.1) is 0 Å². The number of nitrogens with zero attached hydrogens (tertiary/aromatic N) is 2.